The van der Waals surface area contributed by atoms with Crippen LogP contribution in [-0.2, 0) is 9.53 Å². The first kappa shape index (κ1) is 18.1. The van der Waals surface area contributed by atoms with Crippen LogP contribution in [0.4, 0.5) is 0 Å². The molecule has 0 radical (unpaired) electrons. The minimum absolute atomic E-state index is 0.145. The zero-order chi connectivity index (χ0) is 16.9. The van der Waals surface area contributed by atoms with Gasteiger partial charge in [0, 0.05) is 0 Å². The summed E-state index contributed by atoms with van der Waals surface area (Å²) in [5.41, 5.74) is 5.20. The molecule has 22 heavy (non-hydrogen) atoms. The molecule has 6 nitrogen and oxygen atoms in total. The molecule has 0 saturated heterocycles. The molecule has 0 aromatic heterocycles. The second kappa shape index (κ2) is 7.89. The average molecular weight is 330 g/mol. The molecule has 122 valence electrons. The largest absolute Gasteiger partial charge is 0.493 e. The Hall–Kier alpha value is -1.95. The van der Waals surface area contributed by atoms with Crippen molar-refractivity contribution in [2.24, 2.45) is 11.7 Å². The summed E-state index contributed by atoms with van der Waals surface area (Å²) in [6, 6.07) is 2.84. The molecule has 0 saturated carbocycles. The Balaban J connectivity index is 3.02. The molecule has 0 aliphatic rings. The molecular formula is C15H20ClNO5. The highest BCUT2D eigenvalue weighted by Gasteiger charge is 2.20. The summed E-state index contributed by atoms with van der Waals surface area (Å²) < 4.78 is 15.7. The van der Waals surface area contributed by atoms with Crippen LogP contribution in [0, 0.1) is 5.92 Å². The number of primary amides is 1. The van der Waals surface area contributed by atoms with Gasteiger partial charge in [0.15, 0.2) is 17.6 Å². The van der Waals surface area contributed by atoms with E-state index >= 15 is 0 Å². The van der Waals surface area contributed by atoms with Crippen LogP contribution in [0.3, 0.4) is 0 Å². The summed E-state index contributed by atoms with van der Waals surface area (Å²) in [6.45, 7) is 5.84. The maximum atomic E-state index is 12.0. The number of hydrogen-bond acceptors (Lipinski definition) is 5. The summed E-state index contributed by atoms with van der Waals surface area (Å²) >= 11 is 6.14. The molecule has 1 rings (SSSR count). The Kier molecular flexibility index (Phi) is 6.49. The van der Waals surface area contributed by atoms with Crippen LogP contribution < -0.4 is 15.2 Å². The highest BCUT2D eigenvalue weighted by molar-refractivity contribution is 6.32. The SMILES string of the molecule is COc1cc(C(=O)O[C@@H](C)C(N)=O)cc(Cl)c1OCC(C)C. The van der Waals surface area contributed by atoms with E-state index in [1.54, 1.807) is 0 Å². The van der Waals surface area contributed by atoms with Gasteiger partial charge in [-0.2, -0.15) is 0 Å². The summed E-state index contributed by atoms with van der Waals surface area (Å²) in [6.07, 6.45) is -1.03. The Morgan fingerprint density at radius 1 is 1.27 bits per heavy atom. The number of rotatable bonds is 7. The third-order valence-electron chi connectivity index (χ3n) is 2.71. The molecule has 0 aliphatic heterocycles. The van der Waals surface area contributed by atoms with Crippen molar-refractivity contribution in [3.05, 3.63) is 22.7 Å². The molecule has 0 heterocycles. The first-order chi connectivity index (χ1) is 10.3. The lowest BCUT2D eigenvalue weighted by Gasteiger charge is -2.16. The molecule has 0 spiro atoms. The molecule has 0 bridgehead atoms. The van der Waals surface area contributed by atoms with E-state index in [9.17, 15) is 9.59 Å². The fraction of sp³-hybridized carbons (Fsp3) is 0.467. The zero-order valence-electron chi connectivity index (χ0n) is 13.0. The number of halogens is 1. The lowest BCUT2D eigenvalue weighted by Crippen LogP contribution is -2.30. The van der Waals surface area contributed by atoms with Crippen molar-refractivity contribution in [1.82, 2.24) is 0 Å². The standard InChI is InChI=1S/C15H20ClNO5/c1-8(2)7-21-13-11(16)5-10(6-12(13)20-4)15(19)22-9(3)14(17)18/h5-6,8-9H,7H2,1-4H3,(H2,17,18)/t9-/m0/s1. The summed E-state index contributed by atoms with van der Waals surface area (Å²) in [5.74, 6) is -0.476. The van der Waals surface area contributed by atoms with Gasteiger partial charge in [0.25, 0.3) is 5.91 Å². The predicted molar refractivity (Wildman–Crippen MR) is 82.4 cm³/mol. The topological polar surface area (TPSA) is 87.9 Å². The van der Waals surface area contributed by atoms with E-state index in [0.29, 0.717) is 24.0 Å². The normalized spacial score (nSPS) is 11.9. The monoisotopic (exact) mass is 329 g/mol. The molecule has 1 aromatic rings. The van der Waals surface area contributed by atoms with Crippen molar-refractivity contribution in [2.45, 2.75) is 26.9 Å². The molecule has 0 fully saturated rings. The predicted octanol–water partition coefficient (Wildman–Crippen LogP) is 2.41. The number of carbonyl (C=O) groups is 2. The summed E-state index contributed by atoms with van der Waals surface area (Å²) in [7, 11) is 1.44. The van der Waals surface area contributed by atoms with Gasteiger partial charge < -0.3 is 19.9 Å². The van der Waals surface area contributed by atoms with Crippen LogP contribution in [0.5, 0.6) is 11.5 Å². The van der Waals surface area contributed by atoms with E-state index in [0.717, 1.165) is 0 Å². The van der Waals surface area contributed by atoms with Crippen LogP contribution in [0.1, 0.15) is 31.1 Å². The minimum Gasteiger partial charge on any atom is -0.493 e. The smallest absolute Gasteiger partial charge is 0.339 e. The number of benzene rings is 1. The average Bonchev–Trinajstić information content (AvgIpc) is 2.44. The van der Waals surface area contributed by atoms with Crippen LogP contribution in [0.25, 0.3) is 0 Å². The number of amides is 1. The molecular weight excluding hydrogens is 310 g/mol. The van der Waals surface area contributed by atoms with E-state index in [1.165, 1.54) is 26.2 Å². The third kappa shape index (κ3) is 4.80. The van der Waals surface area contributed by atoms with Crippen molar-refractivity contribution >= 4 is 23.5 Å². The maximum absolute atomic E-state index is 12.0. The minimum atomic E-state index is -1.03. The molecule has 1 aromatic carbocycles. The number of ether oxygens (including phenoxy) is 3. The quantitative estimate of drug-likeness (QED) is 0.776. The number of methoxy groups -OCH3 is 1. The maximum Gasteiger partial charge on any atom is 0.339 e. The molecule has 2 N–H and O–H groups in total. The lowest BCUT2D eigenvalue weighted by molar-refractivity contribution is -0.125. The zero-order valence-corrected chi connectivity index (χ0v) is 13.8. The highest BCUT2D eigenvalue weighted by Crippen LogP contribution is 2.37. The fourth-order valence-corrected chi connectivity index (χ4v) is 1.78. The third-order valence-corrected chi connectivity index (χ3v) is 2.99. The van der Waals surface area contributed by atoms with Gasteiger partial charge in [-0.3, -0.25) is 4.79 Å². The van der Waals surface area contributed by atoms with E-state index in [-0.39, 0.29) is 10.6 Å². The van der Waals surface area contributed by atoms with E-state index < -0.39 is 18.0 Å². The van der Waals surface area contributed by atoms with Gasteiger partial charge in [-0.15, -0.1) is 0 Å². The Morgan fingerprint density at radius 2 is 1.91 bits per heavy atom. The number of hydrogen-bond donors (Lipinski definition) is 1. The van der Waals surface area contributed by atoms with Crippen molar-refractivity contribution in [3.8, 4) is 11.5 Å². The van der Waals surface area contributed by atoms with Crippen LogP contribution in [0.2, 0.25) is 5.02 Å². The first-order valence-electron chi connectivity index (χ1n) is 6.76. The molecule has 1 atom stereocenters. The van der Waals surface area contributed by atoms with Crippen molar-refractivity contribution < 1.29 is 23.8 Å². The van der Waals surface area contributed by atoms with Crippen LogP contribution in [-0.4, -0.2) is 31.7 Å². The van der Waals surface area contributed by atoms with Gasteiger partial charge >= 0.3 is 5.97 Å². The summed E-state index contributed by atoms with van der Waals surface area (Å²) in [4.78, 5) is 22.9. The Morgan fingerprint density at radius 3 is 2.41 bits per heavy atom. The number of esters is 1. The Bertz CT molecular complexity index is 559. The van der Waals surface area contributed by atoms with E-state index in [4.69, 9.17) is 31.5 Å². The highest BCUT2D eigenvalue weighted by atomic mass is 35.5. The number of carbonyl (C=O) groups excluding carboxylic acids is 2. The second-order valence-electron chi connectivity index (χ2n) is 5.14. The number of nitrogens with two attached hydrogens (primary N) is 1. The van der Waals surface area contributed by atoms with Gasteiger partial charge in [0.05, 0.1) is 24.3 Å². The van der Waals surface area contributed by atoms with Crippen LogP contribution in [0.15, 0.2) is 12.1 Å². The van der Waals surface area contributed by atoms with E-state index in [1.807, 2.05) is 13.8 Å². The molecule has 0 unspecified atom stereocenters. The van der Waals surface area contributed by atoms with Crippen molar-refractivity contribution in [2.75, 3.05) is 13.7 Å². The van der Waals surface area contributed by atoms with Gasteiger partial charge in [0.1, 0.15) is 0 Å². The summed E-state index contributed by atoms with van der Waals surface area (Å²) in [5, 5.41) is 0.221. The first-order valence-corrected chi connectivity index (χ1v) is 7.14. The van der Waals surface area contributed by atoms with Crippen molar-refractivity contribution in [1.29, 1.82) is 0 Å². The van der Waals surface area contributed by atoms with Gasteiger partial charge in [-0.25, -0.2) is 4.79 Å². The van der Waals surface area contributed by atoms with Gasteiger partial charge in [-0.05, 0) is 25.0 Å². The molecule has 7 heteroatoms. The van der Waals surface area contributed by atoms with Crippen molar-refractivity contribution in [3.63, 3.8) is 0 Å². The van der Waals surface area contributed by atoms with Crippen LogP contribution >= 0.6 is 11.6 Å². The fourth-order valence-electron chi connectivity index (χ4n) is 1.51. The van der Waals surface area contributed by atoms with E-state index in [2.05, 4.69) is 0 Å². The van der Waals surface area contributed by atoms with Gasteiger partial charge in [-0.1, -0.05) is 25.4 Å². The Labute approximate surface area is 134 Å². The lowest BCUT2D eigenvalue weighted by atomic mass is 10.2. The molecule has 0 aliphatic carbocycles. The molecule has 1 amide bonds. The second-order valence-corrected chi connectivity index (χ2v) is 5.55. The van der Waals surface area contributed by atoms with Gasteiger partial charge in [0.2, 0.25) is 0 Å².